The van der Waals surface area contributed by atoms with Crippen LogP contribution < -0.4 is 0 Å². The average Bonchev–Trinajstić information content (AvgIpc) is 3.06. The Morgan fingerprint density at radius 2 is 2.21 bits per heavy atom. The molecule has 0 aromatic carbocycles. The van der Waals surface area contributed by atoms with Gasteiger partial charge >= 0.3 is 0 Å². The van der Waals surface area contributed by atoms with E-state index in [0.29, 0.717) is 11.2 Å². The van der Waals surface area contributed by atoms with Crippen molar-refractivity contribution in [1.29, 1.82) is 0 Å². The molecule has 2 aromatic heterocycles. The molecule has 2 aromatic rings. The van der Waals surface area contributed by atoms with Crippen LogP contribution in [0, 0.1) is 6.92 Å². The molecule has 1 aliphatic carbocycles. The van der Waals surface area contributed by atoms with Crippen LogP contribution in [0.4, 0.5) is 0 Å². The van der Waals surface area contributed by atoms with Crippen LogP contribution >= 0.6 is 22.9 Å². The van der Waals surface area contributed by atoms with E-state index in [9.17, 15) is 0 Å². The minimum absolute atomic E-state index is 0.536. The summed E-state index contributed by atoms with van der Waals surface area (Å²) in [5.41, 5.74) is 2.30. The standard InChI is InChI=1S/C14H16ClN3S/c1-10-6-13(15)17-14(16-10)8-18(12-2-3-12)7-11-4-5-19-9-11/h4-6,9,12H,2-3,7-8H2,1H3. The molecule has 0 aliphatic heterocycles. The van der Waals surface area contributed by atoms with Gasteiger partial charge in [-0.2, -0.15) is 11.3 Å². The second-order valence-electron chi connectivity index (χ2n) is 5.02. The van der Waals surface area contributed by atoms with Crippen LogP contribution in [0.2, 0.25) is 5.15 Å². The first-order valence-electron chi connectivity index (χ1n) is 6.46. The summed E-state index contributed by atoms with van der Waals surface area (Å²) in [6.45, 7) is 3.71. The lowest BCUT2D eigenvalue weighted by molar-refractivity contribution is 0.239. The van der Waals surface area contributed by atoms with Crippen LogP contribution in [-0.2, 0) is 13.1 Å². The third kappa shape index (κ3) is 3.53. The number of hydrogen-bond donors (Lipinski definition) is 0. The van der Waals surface area contributed by atoms with Crippen molar-refractivity contribution >= 4 is 22.9 Å². The van der Waals surface area contributed by atoms with Gasteiger partial charge in [0.25, 0.3) is 0 Å². The monoisotopic (exact) mass is 293 g/mol. The summed E-state index contributed by atoms with van der Waals surface area (Å²) in [5.74, 6) is 0.826. The van der Waals surface area contributed by atoms with E-state index in [1.165, 1.54) is 18.4 Å². The molecule has 0 bridgehead atoms. The van der Waals surface area contributed by atoms with Crippen molar-refractivity contribution in [2.75, 3.05) is 0 Å². The number of rotatable bonds is 5. The lowest BCUT2D eigenvalue weighted by atomic mass is 10.3. The van der Waals surface area contributed by atoms with E-state index in [4.69, 9.17) is 11.6 Å². The van der Waals surface area contributed by atoms with Gasteiger partial charge in [0.2, 0.25) is 0 Å². The topological polar surface area (TPSA) is 29.0 Å². The highest BCUT2D eigenvalue weighted by molar-refractivity contribution is 7.07. The van der Waals surface area contributed by atoms with Crippen LogP contribution in [0.1, 0.15) is 29.9 Å². The third-order valence-electron chi connectivity index (χ3n) is 3.24. The lowest BCUT2D eigenvalue weighted by Crippen LogP contribution is -2.26. The van der Waals surface area contributed by atoms with Crippen molar-refractivity contribution in [3.63, 3.8) is 0 Å². The third-order valence-corrected chi connectivity index (χ3v) is 4.17. The number of aryl methyl sites for hydroxylation is 1. The minimum Gasteiger partial charge on any atom is -0.289 e. The van der Waals surface area contributed by atoms with Gasteiger partial charge in [-0.05, 0) is 48.2 Å². The van der Waals surface area contributed by atoms with Gasteiger partial charge in [0.05, 0.1) is 6.54 Å². The molecule has 2 heterocycles. The van der Waals surface area contributed by atoms with E-state index in [1.807, 2.05) is 6.92 Å². The number of nitrogens with zero attached hydrogens (tertiary/aromatic N) is 3. The Morgan fingerprint density at radius 3 is 2.84 bits per heavy atom. The molecule has 0 spiro atoms. The summed E-state index contributed by atoms with van der Waals surface area (Å²) in [6.07, 6.45) is 2.56. The normalized spacial score (nSPS) is 15.1. The molecular formula is C14H16ClN3S. The zero-order valence-corrected chi connectivity index (χ0v) is 12.4. The molecule has 0 radical (unpaired) electrons. The SMILES string of the molecule is Cc1cc(Cl)nc(CN(Cc2ccsc2)C2CC2)n1. The van der Waals surface area contributed by atoms with E-state index < -0.39 is 0 Å². The Balaban J connectivity index is 1.74. The van der Waals surface area contributed by atoms with E-state index in [1.54, 1.807) is 17.4 Å². The fourth-order valence-corrected chi connectivity index (χ4v) is 3.13. The van der Waals surface area contributed by atoms with Crippen molar-refractivity contribution < 1.29 is 0 Å². The van der Waals surface area contributed by atoms with Crippen molar-refractivity contribution in [2.45, 2.75) is 38.9 Å². The van der Waals surface area contributed by atoms with Crippen molar-refractivity contribution in [1.82, 2.24) is 14.9 Å². The van der Waals surface area contributed by atoms with Crippen molar-refractivity contribution in [3.05, 3.63) is 45.1 Å². The highest BCUT2D eigenvalue weighted by Crippen LogP contribution is 2.29. The zero-order valence-electron chi connectivity index (χ0n) is 10.8. The summed E-state index contributed by atoms with van der Waals surface area (Å²) in [6, 6.07) is 4.66. The molecule has 19 heavy (non-hydrogen) atoms. The van der Waals surface area contributed by atoms with Gasteiger partial charge in [-0.15, -0.1) is 0 Å². The lowest BCUT2D eigenvalue weighted by Gasteiger charge is -2.20. The van der Waals surface area contributed by atoms with E-state index in [0.717, 1.165) is 24.6 Å². The fraction of sp³-hybridized carbons (Fsp3) is 0.429. The molecule has 0 unspecified atom stereocenters. The van der Waals surface area contributed by atoms with Crippen LogP contribution in [-0.4, -0.2) is 20.9 Å². The molecule has 5 heteroatoms. The summed E-state index contributed by atoms with van der Waals surface area (Å²) in [5, 5.41) is 4.87. The maximum absolute atomic E-state index is 6.00. The zero-order chi connectivity index (χ0) is 13.2. The average molecular weight is 294 g/mol. The number of halogens is 1. The van der Waals surface area contributed by atoms with Gasteiger partial charge in [-0.1, -0.05) is 11.6 Å². The van der Waals surface area contributed by atoms with Crippen LogP contribution in [0.3, 0.4) is 0 Å². The molecule has 0 amide bonds. The van der Waals surface area contributed by atoms with Gasteiger partial charge in [0, 0.05) is 18.3 Å². The maximum atomic E-state index is 6.00. The second-order valence-corrected chi connectivity index (χ2v) is 6.18. The summed E-state index contributed by atoms with van der Waals surface area (Å²) in [7, 11) is 0. The number of hydrogen-bond acceptors (Lipinski definition) is 4. The van der Waals surface area contributed by atoms with Gasteiger partial charge in [0.1, 0.15) is 11.0 Å². The Kier molecular flexibility index (Phi) is 3.82. The van der Waals surface area contributed by atoms with Gasteiger partial charge in [-0.3, -0.25) is 4.90 Å². The first-order valence-corrected chi connectivity index (χ1v) is 7.78. The largest absolute Gasteiger partial charge is 0.289 e. The first-order chi connectivity index (χ1) is 9.20. The number of aromatic nitrogens is 2. The molecular weight excluding hydrogens is 278 g/mol. The molecule has 0 saturated heterocycles. The summed E-state index contributed by atoms with van der Waals surface area (Å²) >= 11 is 7.75. The molecule has 1 saturated carbocycles. The summed E-state index contributed by atoms with van der Waals surface area (Å²) < 4.78 is 0. The smallest absolute Gasteiger partial charge is 0.144 e. The van der Waals surface area contributed by atoms with Gasteiger partial charge < -0.3 is 0 Å². The summed E-state index contributed by atoms with van der Waals surface area (Å²) in [4.78, 5) is 11.3. The maximum Gasteiger partial charge on any atom is 0.144 e. The molecule has 1 aliphatic rings. The Bertz CT molecular complexity index is 532. The predicted molar refractivity (Wildman–Crippen MR) is 78.4 cm³/mol. The van der Waals surface area contributed by atoms with Crippen LogP contribution in [0.15, 0.2) is 22.9 Å². The quantitative estimate of drug-likeness (QED) is 0.788. The first kappa shape index (κ1) is 13.0. The Hall–Kier alpha value is -0.970. The molecule has 0 atom stereocenters. The molecule has 0 N–H and O–H groups in total. The molecule has 1 fully saturated rings. The van der Waals surface area contributed by atoms with Crippen LogP contribution in [0.25, 0.3) is 0 Å². The molecule has 3 nitrogen and oxygen atoms in total. The minimum atomic E-state index is 0.536. The van der Waals surface area contributed by atoms with Gasteiger partial charge in [0.15, 0.2) is 0 Å². The second kappa shape index (κ2) is 5.57. The van der Waals surface area contributed by atoms with E-state index >= 15 is 0 Å². The predicted octanol–water partition coefficient (Wildman–Crippen LogP) is 3.66. The Labute approximate surface area is 122 Å². The van der Waals surface area contributed by atoms with E-state index in [-0.39, 0.29) is 0 Å². The molecule has 100 valence electrons. The highest BCUT2D eigenvalue weighted by atomic mass is 35.5. The Morgan fingerprint density at radius 1 is 1.37 bits per heavy atom. The van der Waals surface area contributed by atoms with Crippen molar-refractivity contribution in [3.8, 4) is 0 Å². The van der Waals surface area contributed by atoms with Gasteiger partial charge in [-0.25, -0.2) is 9.97 Å². The number of thiophene rings is 1. The molecule has 3 rings (SSSR count). The fourth-order valence-electron chi connectivity index (χ4n) is 2.21. The van der Waals surface area contributed by atoms with Crippen molar-refractivity contribution in [2.24, 2.45) is 0 Å². The van der Waals surface area contributed by atoms with E-state index in [2.05, 4.69) is 31.7 Å². The van der Waals surface area contributed by atoms with Crippen LogP contribution in [0.5, 0.6) is 0 Å². The highest BCUT2D eigenvalue weighted by Gasteiger charge is 2.29.